The Morgan fingerprint density at radius 1 is 1.13 bits per heavy atom. The van der Waals surface area contributed by atoms with Crippen molar-refractivity contribution in [2.24, 2.45) is 0 Å². The number of rotatable bonds is 6. The number of aromatic nitrogens is 2. The van der Waals surface area contributed by atoms with Gasteiger partial charge >= 0.3 is 5.69 Å². The van der Waals surface area contributed by atoms with E-state index in [1.807, 2.05) is 38.1 Å². The molecule has 0 radical (unpaired) electrons. The fourth-order valence-corrected chi connectivity index (χ4v) is 2.55. The molecule has 1 atom stereocenters. The number of aryl methyl sites for hydroxylation is 1. The van der Waals surface area contributed by atoms with Crippen molar-refractivity contribution in [1.82, 2.24) is 19.8 Å². The van der Waals surface area contributed by atoms with Gasteiger partial charge < -0.3 is 10.6 Å². The molecule has 7 nitrogen and oxygen atoms in total. The number of carbonyl (C=O) groups is 2. The van der Waals surface area contributed by atoms with Gasteiger partial charge in [-0.25, -0.2) is 4.79 Å². The van der Waals surface area contributed by atoms with Crippen molar-refractivity contribution >= 4 is 22.8 Å². The zero-order valence-electron chi connectivity index (χ0n) is 13.6. The first-order valence-corrected chi connectivity index (χ1v) is 7.74. The number of hydrogen-bond donors (Lipinski definition) is 2. The van der Waals surface area contributed by atoms with Gasteiger partial charge in [0.2, 0.25) is 11.8 Å². The van der Waals surface area contributed by atoms with Crippen LogP contribution in [0.1, 0.15) is 20.8 Å². The van der Waals surface area contributed by atoms with Crippen LogP contribution in [0.25, 0.3) is 11.0 Å². The zero-order valence-corrected chi connectivity index (χ0v) is 13.6. The lowest BCUT2D eigenvalue weighted by atomic mass is 10.3. The van der Waals surface area contributed by atoms with Crippen LogP contribution in [-0.4, -0.2) is 33.5 Å². The first-order valence-electron chi connectivity index (χ1n) is 7.74. The Morgan fingerprint density at radius 3 is 2.30 bits per heavy atom. The molecule has 1 heterocycles. The van der Waals surface area contributed by atoms with Crippen molar-refractivity contribution in [3.8, 4) is 0 Å². The quantitative estimate of drug-likeness (QED) is 0.811. The fourth-order valence-electron chi connectivity index (χ4n) is 2.55. The smallest absolute Gasteiger partial charge is 0.329 e. The van der Waals surface area contributed by atoms with E-state index in [0.29, 0.717) is 18.6 Å². The first kappa shape index (κ1) is 16.8. The molecule has 0 aliphatic heterocycles. The second kappa shape index (κ2) is 7.13. The van der Waals surface area contributed by atoms with Crippen molar-refractivity contribution in [2.75, 3.05) is 6.54 Å². The van der Waals surface area contributed by atoms with Gasteiger partial charge in [-0.05, 0) is 32.9 Å². The van der Waals surface area contributed by atoms with E-state index in [1.54, 1.807) is 11.5 Å². The minimum absolute atomic E-state index is 0.115. The molecular formula is C16H22N4O3. The number of amides is 2. The number of imidazole rings is 1. The minimum atomic E-state index is -0.641. The van der Waals surface area contributed by atoms with Gasteiger partial charge in [0.1, 0.15) is 12.6 Å². The molecule has 0 saturated heterocycles. The Labute approximate surface area is 134 Å². The molecule has 0 bridgehead atoms. The molecule has 2 N–H and O–H groups in total. The molecule has 1 unspecified atom stereocenters. The molecule has 124 valence electrons. The molecule has 0 aliphatic carbocycles. The molecule has 0 aliphatic rings. The number of hydrogen-bond acceptors (Lipinski definition) is 3. The molecule has 7 heteroatoms. The maximum Gasteiger partial charge on any atom is 0.329 e. The largest absolute Gasteiger partial charge is 0.355 e. The lowest BCUT2D eigenvalue weighted by Gasteiger charge is -2.13. The van der Waals surface area contributed by atoms with Gasteiger partial charge in [-0.2, -0.15) is 0 Å². The van der Waals surface area contributed by atoms with Crippen LogP contribution < -0.4 is 16.3 Å². The van der Waals surface area contributed by atoms with Crippen LogP contribution in [0.2, 0.25) is 0 Å². The van der Waals surface area contributed by atoms with Crippen molar-refractivity contribution in [3.63, 3.8) is 0 Å². The van der Waals surface area contributed by atoms with Crippen LogP contribution >= 0.6 is 0 Å². The van der Waals surface area contributed by atoms with E-state index in [4.69, 9.17) is 0 Å². The molecule has 0 spiro atoms. The number of benzene rings is 1. The van der Waals surface area contributed by atoms with Crippen LogP contribution in [0, 0.1) is 0 Å². The topological polar surface area (TPSA) is 85.1 Å². The predicted molar refractivity (Wildman–Crippen MR) is 88.2 cm³/mol. The molecule has 23 heavy (non-hydrogen) atoms. The summed E-state index contributed by atoms with van der Waals surface area (Å²) in [6.07, 6.45) is 0. The van der Waals surface area contributed by atoms with E-state index >= 15 is 0 Å². The van der Waals surface area contributed by atoms with Gasteiger partial charge in [0.25, 0.3) is 0 Å². The number of carbonyl (C=O) groups excluding carboxylic acids is 2. The number of para-hydroxylation sites is 2. The Balaban J connectivity index is 2.22. The van der Waals surface area contributed by atoms with Gasteiger partial charge in [-0.15, -0.1) is 0 Å². The monoisotopic (exact) mass is 318 g/mol. The van der Waals surface area contributed by atoms with Gasteiger partial charge in [-0.1, -0.05) is 12.1 Å². The second-order valence-corrected chi connectivity index (χ2v) is 5.29. The van der Waals surface area contributed by atoms with Crippen molar-refractivity contribution in [1.29, 1.82) is 0 Å². The Morgan fingerprint density at radius 2 is 1.74 bits per heavy atom. The maximum absolute atomic E-state index is 12.4. The van der Waals surface area contributed by atoms with E-state index in [9.17, 15) is 14.4 Å². The SMILES string of the molecule is CCNC(=O)C(C)NC(=O)Cn1c(=O)n(CC)c2ccccc21. The number of fused-ring (bicyclic) bond motifs is 1. The molecule has 2 rings (SSSR count). The summed E-state index contributed by atoms with van der Waals surface area (Å²) in [5.74, 6) is -0.617. The Hall–Kier alpha value is -2.57. The zero-order chi connectivity index (χ0) is 17.0. The molecule has 0 fully saturated rings. The van der Waals surface area contributed by atoms with Crippen LogP contribution in [0.4, 0.5) is 0 Å². The van der Waals surface area contributed by atoms with E-state index in [-0.39, 0.29) is 24.0 Å². The molecule has 1 aromatic carbocycles. The maximum atomic E-state index is 12.4. The van der Waals surface area contributed by atoms with Crippen LogP contribution in [0.3, 0.4) is 0 Å². The van der Waals surface area contributed by atoms with Crippen molar-refractivity contribution < 1.29 is 9.59 Å². The van der Waals surface area contributed by atoms with Gasteiger partial charge in [0.05, 0.1) is 11.0 Å². The van der Waals surface area contributed by atoms with Gasteiger partial charge in [-0.3, -0.25) is 18.7 Å². The highest BCUT2D eigenvalue weighted by molar-refractivity contribution is 5.87. The van der Waals surface area contributed by atoms with E-state index < -0.39 is 6.04 Å². The standard InChI is InChI=1S/C16H22N4O3/c1-4-17-15(22)11(3)18-14(21)10-20-13-9-7-6-8-12(13)19(5-2)16(20)23/h6-9,11H,4-5,10H2,1-3H3,(H,17,22)(H,18,21). The normalized spacial score (nSPS) is 12.1. The third-order valence-electron chi connectivity index (χ3n) is 3.66. The summed E-state index contributed by atoms with van der Waals surface area (Å²) in [4.78, 5) is 36.3. The average Bonchev–Trinajstić information content (AvgIpc) is 2.79. The number of nitrogens with zero attached hydrogens (tertiary/aromatic N) is 2. The Kier molecular flexibility index (Phi) is 5.20. The molecule has 2 aromatic rings. The molecule has 0 saturated carbocycles. The third-order valence-corrected chi connectivity index (χ3v) is 3.66. The summed E-state index contributed by atoms with van der Waals surface area (Å²) >= 11 is 0. The molecule has 2 amide bonds. The van der Waals surface area contributed by atoms with Crippen LogP contribution in [0.15, 0.2) is 29.1 Å². The summed E-state index contributed by atoms with van der Waals surface area (Å²) in [6, 6.07) is 6.70. The second-order valence-electron chi connectivity index (χ2n) is 5.29. The fraction of sp³-hybridized carbons (Fsp3) is 0.438. The third kappa shape index (κ3) is 3.44. The highest BCUT2D eigenvalue weighted by Crippen LogP contribution is 2.12. The summed E-state index contributed by atoms with van der Waals surface area (Å²) in [5, 5.41) is 5.25. The van der Waals surface area contributed by atoms with E-state index in [2.05, 4.69) is 10.6 Å². The number of likely N-dealkylation sites (N-methyl/N-ethyl adjacent to an activating group) is 1. The van der Waals surface area contributed by atoms with Crippen LogP contribution in [0.5, 0.6) is 0 Å². The van der Waals surface area contributed by atoms with Gasteiger partial charge in [0.15, 0.2) is 0 Å². The lowest BCUT2D eigenvalue weighted by molar-refractivity contribution is -0.128. The summed E-state index contributed by atoms with van der Waals surface area (Å²) < 4.78 is 3.05. The predicted octanol–water partition coefficient (Wildman–Crippen LogP) is 0.464. The summed E-state index contributed by atoms with van der Waals surface area (Å²) in [7, 11) is 0. The first-order chi connectivity index (χ1) is 11.0. The van der Waals surface area contributed by atoms with E-state index in [1.165, 1.54) is 4.57 Å². The van der Waals surface area contributed by atoms with Gasteiger partial charge in [0, 0.05) is 13.1 Å². The van der Waals surface area contributed by atoms with Crippen molar-refractivity contribution in [2.45, 2.75) is 39.9 Å². The minimum Gasteiger partial charge on any atom is -0.355 e. The lowest BCUT2D eigenvalue weighted by Crippen LogP contribution is -2.46. The number of nitrogens with one attached hydrogen (secondary N) is 2. The molecule has 1 aromatic heterocycles. The Bertz CT molecular complexity index is 775. The van der Waals surface area contributed by atoms with Crippen LogP contribution in [-0.2, 0) is 22.7 Å². The summed E-state index contributed by atoms with van der Waals surface area (Å²) in [6.45, 7) is 6.23. The highest BCUT2D eigenvalue weighted by Gasteiger charge is 2.18. The average molecular weight is 318 g/mol. The summed E-state index contributed by atoms with van der Waals surface area (Å²) in [5.41, 5.74) is 1.28. The highest BCUT2D eigenvalue weighted by atomic mass is 16.2. The molecular weight excluding hydrogens is 296 g/mol. The van der Waals surface area contributed by atoms with E-state index in [0.717, 1.165) is 5.52 Å². The van der Waals surface area contributed by atoms with Crippen molar-refractivity contribution in [3.05, 3.63) is 34.7 Å².